The normalized spacial score (nSPS) is 24.8. The molecule has 6 aromatic rings. The summed E-state index contributed by atoms with van der Waals surface area (Å²) in [6.45, 7) is 11.8. The number of methoxy groups -OCH3 is 4. The van der Waals surface area contributed by atoms with E-state index in [0.717, 1.165) is 50.1 Å². The van der Waals surface area contributed by atoms with Crippen LogP contribution in [0.1, 0.15) is 132 Å². The molecule has 4 unspecified atom stereocenters. The van der Waals surface area contributed by atoms with Crippen molar-refractivity contribution in [3.63, 3.8) is 0 Å². The summed E-state index contributed by atoms with van der Waals surface area (Å²) in [4.78, 5) is 66.9. The van der Waals surface area contributed by atoms with Crippen LogP contribution in [0.15, 0.2) is 73.3 Å². The molecule has 10 atom stereocenters. The first-order valence-electron chi connectivity index (χ1n) is 33.1. The molecule has 10 aliphatic heterocycles. The number of amides is 4. The van der Waals surface area contributed by atoms with Crippen LogP contribution in [0.25, 0.3) is 0 Å². The highest BCUT2D eigenvalue weighted by Crippen LogP contribution is 2.62. The van der Waals surface area contributed by atoms with Gasteiger partial charge in [-0.1, -0.05) is 49.1 Å². The number of piperazine rings is 2. The number of nitrogens with zero attached hydrogens (tertiary/aromatic N) is 8. The van der Waals surface area contributed by atoms with Crippen LogP contribution in [0.4, 0.5) is 0 Å². The SMILES string of the molecule is C=CCOc1c(C)c2c(c3c1CC1[C@H]4c5c(cc(C)c(OC)c5OCOC)C[C@@H](C(C#N)N1[C@H]3CN1C(=O)c3ccccc3C1=O)N4C)OCO2.COCOc1c(OC)c(C)cc2c1[C@@H]1C3Cc4c(O)c(C)c5c(c4[C@H](CN4C(=O)c6ccccc6C4=O)N3C(C#N)[C@H](C2)N1C)OCO5. The molecule has 4 amide bonds. The third-order valence-electron chi connectivity index (χ3n) is 22.0. The summed E-state index contributed by atoms with van der Waals surface area (Å²) in [5.74, 6) is 3.62. The lowest BCUT2D eigenvalue weighted by Crippen LogP contribution is -2.69. The van der Waals surface area contributed by atoms with Crippen LogP contribution in [0, 0.1) is 50.4 Å². The number of aryl methyl sites for hydroxylation is 2. The number of nitriles is 2. The number of phenols is 1. The molecule has 0 saturated carbocycles. The molecule has 1 N–H and O–H groups in total. The van der Waals surface area contributed by atoms with Crippen molar-refractivity contribution in [2.24, 2.45) is 0 Å². The van der Waals surface area contributed by atoms with Crippen LogP contribution in [0.5, 0.6) is 57.5 Å². The van der Waals surface area contributed by atoms with Gasteiger partial charge in [0.2, 0.25) is 13.6 Å². The van der Waals surface area contributed by atoms with Crippen LogP contribution in [0.2, 0.25) is 0 Å². The fourth-order valence-corrected chi connectivity index (χ4v) is 18.0. The van der Waals surface area contributed by atoms with Gasteiger partial charge in [0.1, 0.15) is 30.2 Å². The van der Waals surface area contributed by atoms with Crippen molar-refractivity contribution >= 4 is 23.6 Å². The van der Waals surface area contributed by atoms with E-state index in [9.17, 15) is 34.8 Å². The van der Waals surface area contributed by atoms with Crippen molar-refractivity contribution < 1.29 is 76.4 Å². The fraction of sp³-hybridized carbons (Fsp3) is 0.413. The second-order valence-electron chi connectivity index (χ2n) is 26.7. The Balaban J connectivity index is 0.000000162. The predicted molar refractivity (Wildman–Crippen MR) is 355 cm³/mol. The van der Waals surface area contributed by atoms with Gasteiger partial charge in [0, 0.05) is 96.0 Å². The summed E-state index contributed by atoms with van der Waals surface area (Å²) < 4.78 is 65.7. The van der Waals surface area contributed by atoms with Crippen molar-refractivity contribution in [1.82, 2.24) is 29.4 Å². The Morgan fingerprint density at radius 2 is 0.939 bits per heavy atom. The quantitative estimate of drug-likeness (QED) is 0.0574. The number of imide groups is 2. The minimum Gasteiger partial charge on any atom is -0.507 e. The summed E-state index contributed by atoms with van der Waals surface area (Å²) in [6, 6.07) is 18.9. The number of benzene rings is 6. The van der Waals surface area contributed by atoms with Gasteiger partial charge in [0.05, 0.1) is 72.8 Å². The van der Waals surface area contributed by atoms with Crippen molar-refractivity contribution in [2.75, 3.05) is 89.4 Å². The molecule has 0 aromatic heterocycles. The van der Waals surface area contributed by atoms with Crippen LogP contribution in [0.3, 0.4) is 0 Å². The Hall–Kier alpha value is -9.92. The molecular formula is C75H76N8O16. The molecule has 16 rings (SSSR count). The zero-order valence-corrected chi connectivity index (χ0v) is 56.8. The molecule has 24 heteroatoms. The van der Waals surface area contributed by atoms with Crippen molar-refractivity contribution in [2.45, 2.75) is 114 Å². The number of phenolic OH excluding ortho intramolecular Hbond substituents is 1. The predicted octanol–water partition coefficient (Wildman–Crippen LogP) is 8.45. The van der Waals surface area contributed by atoms with Gasteiger partial charge < -0.3 is 57.2 Å². The summed E-state index contributed by atoms with van der Waals surface area (Å²) in [5, 5.41) is 33.8. The molecule has 0 aliphatic carbocycles. The highest BCUT2D eigenvalue weighted by molar-refractivity contribution is 6.22. The number of rotatable bonds is 15. The Labute approximate surface area is 572 Å². The summed E-state index contributed by atoms with van der Waals surface area (Å²) >= 11 is 0. The van der Waals surface area contributed by atoms with Crippen molar-refractivity contribution in [3.8, 4) is 69.6 Å². The standard InChI is InChI=1S/C39H40N4O8.C36H36N4O8/c1-7-12-48-34-21(3)35-37(51-19-50-35)31-25(34)15-27-32-30-22(13-20(2)33(47-6)36(30)49-18-46-5)14-26(41(32)4)28(16-40)43(27)29(31)17-42-38(44)23-10-8-9-11-24(23)39(42)45;1-17-10-19-11-23-25(13-37)40-24(29(38(23)3)27(19)33(31(17)45-5)46-15-44-4)12-22-28(34-32(47-16-48-34)18(2)30(22)41)26(40)14-39-35(42)20-8-6-7-9-21(20)36(39)43/h7-11,13,26-29,32H,1,12,14-15,17-19H2,2-6H3;6-10,23-26,29,41H,11-12,14-16H2,1-5H3/t26-,27?,28?,29-,32-;23-,24?,25?,26-,29-/m00/s1. The molecule has 10 heterocycles. The van der Waals surface area contributed by atoms with Crippen LogP contribution in [-0.2, 0) is 35.2 Å². The van der Waals surface area contributed by atoms with Gasteiger partial charge in [0.15, 0.2) is 59.6 Å². The lowest BCUT2D eigenvalue weighted by atomic mass is 9.71. The first-order valence-corrected chi connectivity index (χ1v) is 33.1. The smallest absolute Gasteiger partial charge is 0.261 e. The molecule has 4 bridgehead atoms. The molecular weight excluding hydrogens is 1270 g/mol. The average Bonchev–Trinajstić information content (AvgIpc) is 0.828. The fourth-order valence-electron chi connectivity index (χ4n) is 18.0. The van der Waals surface area contributed by atoms with E-state index < -0.39 is 36.0 Å². The molecule has 512 valence electrons. The summed E-state index contributed by atoms with van der Waals surface area (Å²) in [7, 11) is 10.5. The Kier molecular flexibility index (Phi) is 16.5. The Bertz CT molecular complexity index is 4450. The maximum atomic E-state index is 13.9. The van der Waals surface area contributed by atoms with Crippen molar-refractivity contribution in [3.05, 3.63) is 162 Å². The molecule has 0 spiro atoms. The number of fused-ring (bicyclic) bond motifs is 20. The topological polar surface area (TPSA) is 257 Å². The van der Waals surface area contributed by atoms with Crippen LogP contribution < -0.4 is 42.6 Å². The van der Waals surface area contributed by atoms with E-state index in [1.54, 1.807) is 90.0 Å². The Morgan fingerprint density at radius 1 is 0.535 bits per heavy atom. The number of carbonyl (C=O) groups is 4. The van der Waals surface area contributed by atoms with Gasteiger partial charge in [-0.2, -0.15) is 10.5 Å². The summed E-state index contributed by atoms with van der Waals surface area (Å²) in [5.41, 5.74) is 11.6. The number of hydrogen-bond acceptors (Lipinski definition) is 22. The number of carbonyl (C=O) groups excluding carboxylic acids is 4. The maximum absolute atomic E-state index is 13.9. The molecule has 6 aromatic carbocycles. The van der Waals surface area contributed by atoms with E-state index in [1.807, 2.05) is 27.8 Å². The second-order valence-corrected chi connectivity index (χ2v) is 26.7. The van der Waals surface area contributed by atoms with E-state index in [2.05, 4.69) is 57.5 Å². The number of aromatic hydroxyl groups is 1. The lowest BCUT2D eigenvalue weighted by molar-refractivity contribution is -0.0766. The zero-order valence-electron chi connectivity index (χ0n) is 56.8. The van der Waals surface area contributed by atoms with Gasteiger partial charge >= 0.3 is 0 Å². The maximum Gasteiger partial charge on any atom is 0.261 e. The summed E-state index contributed by atoms with van der Waals surface area (Å²) in [6.07, 6.45) is 3.65. The molecule has 0 radical (unpaired) electrons. The molecule has 2 fully saturated rings. The van der Waals surface area contributed by atoms with E-state index in [0.29, 0.717) is 116 Å². The van der Waals surface area contributed by atoms with Gasteiger partial charge in [-0.25, -0.2) is 0 Å². The molecule has 24 nitrogen and oxygen atoms in total. The third kappa shape index (κ3) is 9.65. The van der Waals surface area contributed by atoms with Gasteiger partial charge in [-0.3, -0.25) is 48.6 Å². The highest BCUT2D eigenvalue weighted by Gasteiger charge is 2.60. The van der Waals surface area contributed by atoms with E-state index in [1.165, 1.54) is 9.80 Å². The monoisotopic (exact) mass is 1340 g/mol. The first-order chi connectivity index (χ1) is 48.0. The number of likely N-dealkylation sites (N-methyl/N-ethyl adjacent to an activating group) is 2. The molecule has 2 saturated heterocycles. The van der Waals surface area contributed by atoms with Crippen LogP contribution in [-0.4, -0.2) is 184 Å². The van der Waals surface area contributed by atoms with Gasteiger partial charge in [0.25, 0.3) is 23.6 Å². The number of hydrogen-bond donors (Lipinski definition) is 1. The minimum absolute atomic E-state index is 0.00590. The second kappa shape index (κ2) is 25.1. The third-order valence-corrected chi connectivity index (χ3v) is 22.0. The van der Waals surface area contributed by atoms with E-state index in [-0.39, 0.29) is 101 Å². The van der Waals surface area contributed by atoms with Gasteiger partial charge in [-0.15, -0.1) is 0 Å². The van der Waals surface area contributed by atoms with Crippen LogP contribution >= 0.6 is 0 Å². The Morgan fingerprint density at radius 3 is 1.34 bits per heavy atom. The average molecular weight is 1350 g/mol. The largest absolute Gasteiger partial charge is 0.507 e. The van der Waals surface area contributed by atoms with Crippen molar-refractivity contribution in [1.29, 1.82) is 10.5 Å². The number of ether oxygens (including phenoxy) is 11. The molecule has 10 aliphatic rings. The lowest BCUT2D eigenvalue weighted by Gasteiger charge is -2.60. The zero-order chi connectivity index (χ0) is 69.3. The van der Waals surface area contributed by atoms with E-state index in [4.69, 9.17) is 52.1 Å². The minimum atomic E-state index is -0.691. The first kappa shape index (κ1) is 65.0. The van der Waals surface area contributed by atoms with Gasteiger partial charge in [-0.05, 0) is 114 Å². The highest BCUT2D eigenvalue weighted by atomic mass is 16.7. The van der Waals surface area contributed by atoms with E-state index >= 15 is 0 Å². The molecule has 99 heavy (non-hydrogen) atoms.